The van der Waals surface area contributed by atoms with Crippen LogP contribution in [0, 0.1) is 0 Å². The van der Waals surface area contributed by atoms with Crippen LogP contribution >= 0.6 is 0 Å². The van der Waals surface area contributed by atoms with Crippen LogP contribution in [-0.4, -0.2) is 69.2 Å². The molecule has 1 aliphatic heterocycles. The monoisotopic (exact) mass is 437 g/mol. The number of aliphatic imine (C=N–C) groups is 1. The Hall–Kier alpha value is -2.58. The maximum atomic E-state index is 12.4. The number of piperidine rings is 1. The van der Waals surface area contributed by atoms with Crippen molar-refractivity contribution in [2.75, 3.05) is 38.6 Å². The van der Waals surface area contributed by atoms with Gasteiger partial charge in [0.2, 0.25) is 5.91 Å². The predicted molar refractivity (Wildman–Crippen MR) is 118 cm³/mol. The number of anilines is 1. The van der Waals surface area contributed by atoms with Gasteiger partial charge in [-0.1, -0.05) is 12.8 Å². The van der Waals surface area contributed by atoms with Gasteiger partial charge in [0.25, 0.3) is 0 Å². The third kappa shape index (κ3) is 7.25. The first-order valence-electron chi connectivity index (χ1n) is 11.0. The minimum Gasteiger partial charge on any atom is -0.435 e. The molecule has 7 nitrogen and oxygen atoms in total. The van der Waals surface area contributed by atoms with Crippen LogP contribution in [0.2, 0.25) is 0 Å². The number of rotatable bonds is 7. The smallest absolute Gasteiger partial charge is 0.387 e. The molecule has 1 aliphatic carbocycles. The summed E-state index contributed by atoms with van der Waals surface area (Å²) in [7, 11) is 3.46. The molecule has 1 aromatic rings. The van der Waals surface area contributed by atoms with Gasteiger partial charge in [0.15, 0.2) is 5.96 Å². The molecule has 1 aromatic carbocycles. The second kappa shape index (κ2) is 11.2. The summed E-state index contributed by atoms with van der Waals surface area (Å²) in [4.78, 5) is 20.3. The molecule has 3 rings (SSSR count). The molecule has 31 heavy (non-hydrogen) atoms. The highest BCUT2D eigenvalue weighted by molar-refractivity contribution is 5.85. The minimum atomic E-state index is -2.82. The molecular formula is C22H33F2N5O2. The van der Waals surface area contributed by atoms with Gasteiger partial charge in [0.1, 0.15) is 12.3 Å². The zero-order valence-electron chi connectivity index (χ0n) is 18.3. The van der Waals surface area contributed by atoms with Gasteiger partial charge in [0.05, 0.1) is 0 Å². The Morgan fingerprint density at radius 2 is 1.77 bits per heavy atom. The molecule has 1 heterocycles. The zero-order chi connectivity index (χ0) is 22.2. The first-order valence-corrected chi connectivity index (χ1v) is 11.0. The number of amides is 1. The van der Waals surface area contributed by atoms with Crippen molar-refractivity contribution in [1.82, 2.24) is 15.5 Å². The number of hydrogen-bond donors (Lipinski definition) is 2. The lowest BCUT2D eigenvalue weighted by Gasteiger charge is -2.36. The van der Waals surface area contributed by atoms with E-state index in [-0.39, 0.29) is 24.2 Å². The molecule has 2 N–H and O–H groups in total. The van der Waals surface area contributed by atoms with Gasteiger partial charge in [-0.15, -0.1) is 0 Å². The van der Waals surface area contributed by atoms with Crippen LogP contribution in [0.4, 0.5) is 14.5 Å². The molecule has 2 fully saturated rings. The Bertz CT molecular complexity index is 736. The molecule has 0 aromatic heterocycles. The summed E-state index contributed by atoms with van der Waals surface area (Å²) >= 11 is 0. The number of benzene rings is 1. The Morgan fingerprint density at radius 1 is 1.13 bits per heavy atom. The second-order valence-electron chi connectivity index (χ2n) is 8.38. The quantitative estimate of drug-likeness (QED) is 0.507. The van der Waals surface area contributed by atoms with Crippen LogP contribution in [0.1, 0.15) is 38.5 Å². The summed E-state index contributed by atoms with van der Waals surface area (Å²) in [5.74, 6) is 0.810. The standard InChI is InChI=1S/C22H33F2N5O2/c1-28(2)20(30)14-25-22(26-16-6-3-4-7-16)27-17-8-5-13-29(15-17)18-9-11-19(12-10-18)31-21(23)24/h9-12,16-17,21H,3-8,13-15H2,1-2H3,(H2,25,26,27). The van der Waals surface area contributed by atoms with E-state index in [0.29, 0.717) is 12.0 Å². The molecule has 0 radical (unpaired) electrons. The van der Waals surface area contributed by atoms with Crippen molar-refractivity contribution < 1.29 is 18.3 Å². The van der Waals surface area contributed by atoms with Gasteiger partial charge in [-0.25, -0.2) is 4.99 Å². The number of hydrogen-bond acceptors (Lipinski definition) is 4. The van der Waals surface area contributed by atoms with Gasteiger partial charge >= 0.3 is 6.61 Å². The summed E-state index contributed by atoms with van der Waals surface area (Å²) < 4.78 is 29.2. The Labute approximate surface area is 182 Å². The van der Waals surface area contributed by atoms with E-state index in [9.17, 15) is 13.6 Å². The topological polar surface area (TPSA) is 69.2 Å². The number of guanidine groups is 1. The highest BCUT2D eigenvalue weighted by Crippen LogP contribution is 2.24. The molecule has 1 saturated carbocycles. The van der Waals surface area contributed by atoms with Crippen LogP contribution in [0.15, 0.2) is 29.3 Å². The van der Waals surface area contributed by atoms with Crippen molar-refractivity contribution in [1.29, 1.82) is 0 Å². The van der Waals surface area contributed by atoms with Crippen LogP contribution in [0.25, 0.3) is 0 Å². The van der Waals surface area contributed by atoms with Crippen molar-refractivity contribution in [2.45, 2.75) is 57.2 Å². The SMILES string of the molecule is CN(C)C(=O)CN=C(NC1CCCC1)NC1CCCN(c2ccc(OC(F)F)cc2)C1. The molecule has 1 unspecified atom stereocenters. The van der Waals surface area contributed by atoms with Crippen molar-refractivity contribution >= 4 is 17.6 Å². The molecule has 0 spiro atoms. The van der Waals surface area contributed by atoms with Crippen LogP contribution in [0.3, 0.4) is 0 Å². The summed E-state index contributed by atoms with van der Waals surface area (Å²) in [6.07, 6.45) is 6.66. The molecule has 1 amide bonds. The van der Waals surface area contributed by atoms with Crippen LogP contribution < -0.4 is 20.3 Å². The number of nitrogens with zero attached hydrogens (tertiary/aromatic N) is 3. The fourth-order valence-electron chi connectivity index (χ4n) is 4.05. The number of likely N-dealkylation sites (N-methyl/N-ethyl adjacent to an activating group) is 1. The lowest BCUT2D eigenvalue weighted by atomic mass is 10.0. The lowest BCUT2D eigenvalue weighted by Crippen LogP contribution is -2.53. The van der Waals surface area contributed by atoms with E-state index in [4.69, 9.17) is 0 Å². The van der Waals surface area contributed by atoms with Gasteiger partial charge in [-0.3, -0.25) is 4.79 Å². The van der Waals surface area contributed by atoms with E-state index in [2.05, 4.69) is 25.3 Å². The van der Waals surface area contributed by atoms with E-state index in [1.807, 2.05) is 12.1 Å². The number of nitrogens with one attached hydrogen (secondary N) is 2. The van der Waals surface area contributed by atoms with Gasteiger partial charge < -0.3 is 25.2 Å². The molecular weight excluding hydrogens is 404 g/mol. The molecule has 9 heteroatoms. The van der Waals surface area contributed by atoms with Gasteiger partial charge in [0, 0.05) is 45.0 Å². The number of halogens is 2. The van der Waals surface area contributed by atoms with E-state index >= 15 is 0 Å². The lowest BCUT2D eigenvalue weighted by molar-refractivity contribution is -0.127. The fraction of sp³-hybridized carbons (Fsp3) is 0.636. The Balaban J connectivity index is 1.61. The fourth-order valence-corrected chi connectivity index (χ4v) is 4.05. The maximum Gasteiger partial charge on any atom is 0.387 e. The molecule has 1 saturated heterocycles. The van der Waals surface area contributed by atoms with Crippen LogP contribution in [-0.2, 0) is 4.79 Å². The molecule has 2 aliphatic rings. The number of carbonyl (C=O) groups excluding carboxylic acids is 1. The van der Waals surface area contributed by atoms with Gasteiger partial charge in [-0.05, 0) is 49.9 Å². The Kier molecular flexibility index (Phi) is 8.31. The van der Waals surface area contributed by atoms with Gasteiger partial charge in [-0.2, -0.15) is 8.78 Å². The summed E-state index contributed by atoms with van der Waals surface area (Å²) in [6, 6.07) is 7.32. The molecule has 0 bridgehead atoms. The maximum absolute atomic E-state index is 12.4. The summed E-state index contributed by atoms with van der Waals surface area (Å²) in [5.41, 5.74) is 0.971. The van der Waals surface area contributed by atoms with Crippen molar-refractivity contribution in [2.24, 2.45) is 4.99 Å². The largest absolute Gasteiger partial charge is 0.435 e. The number of ether oxygens (including phenoxy) is 1. The zero-order valence-corrected chi connectivity index (χ0v) is 18.3. The molecule has 1 atom stereocenters. The summed E-state index contributed by atoms with van der Waals surface area (Å²) in [6.45, 7) is -1.05. The van der Waals surface area contributed by atoms with E-state index in [1.165, 1.54) is 12.8 Å². The van der Waals surface area contributed by atoms with E-state index < -0.39 is 6.61 Å². The third-order valence-electron chi connectivity index (χ3n) is 5.76. The first kappa shape index (κ1) is 23.1. The van der Waals surface area contributed by atoms with E-state index in [1.54, 1.807) is 31.1 Å². The van der Waals surface area contributed by atoms with Crippen molar-refractivity contribution in [3.63, 3.8) is 0 Å². The van der Waals surface area contributed by atoms with E-state index in [0.717, 1.165) is 44.5 Å². The highest BCUT2D eigenvalue weighted by Gasteiger charge is 2.23. The number of alkyl halides is 2. The van der Waals surface area contributed by atoms with Crippen LogP contribution in [0.5, 0.6) is 5.75 Å². The predicted octanol–water partition coefficient (Wildman–Crippen LogP) is 2.82. The summed E-state index contributed by atoms with van der Waals surface area (Å²) in [5, 5.41) is 7.02. The highest BCUT2D eigenvalue weighted by atomic mass is 19.3. The van der Waals surface area contributed by atoms with Crippen molar-refractivity contribution in [3.05, 3.63) is 24.3 Å². The second-order valence-corrected chi connectivity index (χ2v) is 8.38. The van der Waals surface area contributed by atoms with Crippen molar-refractivity contribution in [3.8, 4) is 5.75 Å². The Morgan fingerprint density at radius 3 is 2.42 bits per heavy atom. The normalized spacial score (nSPS) is 20.1. The molecule has 172 valence electrons. The first-order chi connectivity index (χ1) is 14.9. The third-order valence-corrected chi connectivity index (χ3v) is 5.76. The average molecular weight is 438 g/mol. The average Bonchev–Trinajstić information content (AvgIpc) is 3.25. The number of carbonyl (C=O) groups is 1. The minimum absolute atomic E-state index is 0.0381.